The molecule has 2 aliphatic rings. The van der Waals surface area contributed by atoms with E-state index >= 15 is 0 Å². The Hall–Kier alpha value is -3.14. The van der Waals surface area contributed by atoms with Crippen LogP contribution < -0.4 is 10.6 Å². The number of halogens is 6. The van der Waals surface area contributed by atoms with Gasteiger partial charge in [0.25, 0.3) is 0 Å². The van der Waals surface area contributed by atoms with Gasteiger partial charge < -0.3 is 9.80 Å². The molecule has 2 aromatic rings. The van der Waals surface area contributed by atoms with Crippen molar-refractivity contribution < 1.29 is 31.1 Å². The fraction of sp³-hybridized carbons (Fsp3) is 0.458. The minimum atomic E-state index is -5.01. The lowest BCUT2D eigenvalue weighted by Crippen LogP contribution is -2.58. The molecule has 0 radical (unpaired) electrons. The van der Waals surface area contributed by atoms with Crippen LogP contribution in [0.5, 0.6) is 0 Å². The van der Waals surface area contributed by atoms with E-state index in [0.717, 1.165) is 23.7 Å². The van der Waals surface area contributed by atoms with Crippen molar-refractivity contribution >= 4 is 34.4 Å². The summed E-state index contributed by atoms with van der Waals surface area (Å²) in [5.41, 5.74) is -2.76. The summed E-state index contributed by atoms with van der Waals surface area (Å²) >= 11 is 0.942. The minimum absolute atomic E-state index is 0.00298. The fourth-order valence-electron chi connectivity index (χ4n) is 4.90. The van der Waals surface area contributed by atoms with Gasteiger partial charge in [0.05, 0.1) is 16.6 Å². The predicted molar refractivity (Wildman–Crippen MR) is 127 cm³/mol. The van der Waals surface area contributed by atoms with Gasteiger partial charge in [-0.1, -0.05) is 12.5 Å². The highest BCUT2D eigenvalue weighted by Crippen LogP contribution is 2.44. The average Bonchev–Trinajstić information content (AvgIpc) is 3.02. The molecule has 1 saturated heterocycles. The summed E-state index contributed by atoms with van der Waals surface area (Å²) in [6.07, 6.45) is -8.44. The van der Waals surface area contributed by atoms with E-state index in [9.17, 15) is 35.9 Å². The predicted octanol–water partition coefficient (Wildman–Crippen LogP) is 4.44. The molecule has 1 amide bonds. The van der Waals surface area contributed by atoms with Gasteiger partial charge in [-0.2, -0.15) is 31.3 Å². The number of benzene rings is 1. The first-order valence-corrected chi connectivity index (χ1v) is 12.3. The number of alkyl halides is 6. The number of carbonyl (C=O) groups excluding carboxylic acids is 1. The number of hydrogen-bond donors (Lipinski definition) is 0. The molecular weight excluding hydrogens is 522 g/mol. The molecule has 0 spiro atoms. The van der Waals surface area contributed by atoms with Crippen LogP contribution in [0.25, 0.3) is 10.9 Å². The number of nitrogens with zero attached hydrogens (tertiary/aromatic N) is 4. The van der Waals surface area contributed by atoms with Crippen LogP contribution in [-0.2, 0) is 17.5 Å². The third kappa shape index (κ3) is 5.16. The van der Waals surface area contributed by atoms with E-state index in [4.69, 9.17) is 0 Å². The number of amides is 1. The van der Waals surface area contributed by atoms with Crippen molar-refractivity contribution in [2.45, 2.75) is 56.1 Å². The van der Waals surface area contributed by atoms with Gasteiger partial charge in [0, 0.05) is 47.9 Å². The molecule has 13 heteroatoms. The van der Waals surface area contributed by atoms with Crippen LogP contribution in [-0.4, -0.2) is 57.5 Å². The maximum atomic E-state index is 14.2. The van der Waals surface area contributed by atoms with Crippen molar-refractivity contribution in [1.29, 1.82) is 0 Å². The maximum Gasteiger partial charge on any atom is 0.458 e. The molecule has 3 heterocycles. The van der Waals surface area contributed by atoms with Crippen molar-refractivity contribution in [3.63, 3.8) is 0 Å². The Kier molecular flexibility index (Phi) is 7.00. The maximum absolute atomic E-state index is 14.2. The first kappa shape index (κ1) is 26.9. The summed E-state index contributed by atoms with van der Waals surface area (Å²) in [5, 5.41) is -0.00298. The summed E-state index contributed by atoms with van der Waals surface area (Å²) in [6.45, 7) is 7.51. The first-order chi connectivity index (χ1) is 17.2. The van der Waals surface area contributed by atoms with Crippen LogP contribution in [0.4, 0.5) is 32.2 Å². The summed E-state index contributed by atoms with van der Waals surface area (Å²) in [5.74, 6) is 2.63. The number of carbonyl (C=O) groups is 1. The number of aryl methyl sites for hydroxylation is 1. The van der Waals surface area contributed by atoms with Gasteiger partial charge in [0.15, 0.2) is 0 Å². The van der Waals surface area contributed by atoms with Gasteiger partial charge in [-0.3, -0.25) is 9.36 Å². The highest BCUT2D eigenvalue weighted by molar-refractivity contribution is 7.99. The molecule has 0 aliphatic carbocycles. The fourth-order valence-corrected chi connectivity index (χ4v) is 6.04. The number of aromatic nitrogens is 2. The third-order valence-corrected chi connectivity index (χ3v) is 7.43. The van der Waals surface area contributed by atoms with E-state index < -0.39 is 29.2 Å². The summed E-state index contributed by atoms with van der Waals surface area (Å²) < 4.78 is 82.4. The molecule has 0 saturated carbocycles. The Balaban J connectivity index is 2.01. The largest absolute Gasteiger partial charge is 0.458 e. The van der Waals surface area contributed by atoms with E-state index in [1.54, 1.807) is 29.6 Å². The van der Waals surface area contributed by atoms with Crippen LogP contribution in [0.2, 0.25) is 0 Å². The van der Waals surface area contributed by atoms with Crippen LogP contribution in [0.15, 0.2) is 28.4 Å². The van der Waals surface area contributed by atoms with E-state index in [1.807, 2.05) is 0 Å². The zero-order chi connectivity index (χ0) is 27.3. The standard InChI is InChI=1S/C24H22F6N4O2S/c1-4-18(35)34-13(2)11-32(12-14(34)3)21-16-10-17(24(28,29)30)15(6-7-23(25,26)27)20-19(16)33(22(36)31-21)8-5-9-37-20/h4,10,13-14H,1,5,8-9,11-12H2,2-3H3. The second kappa shape index (κ2) is 9.63. The highest BCUT2D eigenvalue weighted by Gasteiger charge is 2.39. The SMILES string of the molecule is C=CC(=O)N1C(C)CN(c2nc(=O)n3c4c(c(C#CC(F)(F)F)c(C(F)(F)F)cc24)SCCC3)CC1C. The Morgan fingerprint density at radius 3 is 2.41 bits per heavy atom. The number of hydrogen-bond acceptors (Lipinski definition) is 5. The monoisotopic (exact) mass is 544 g/mol. The van der Waals surface area contributed by atoms with Crippen molar-refractivity contribution in [1.82, 2.24) is 14.5 Å². The zero-order valence-electron chi connectivity index (χ0n) is 19.8. The van der Waals surface area contributed by atoms with Crippen LogP contribution >= 0.6 is 11.8 Å². The molecule has 37 heavy (non-hydrogen) atoms. The number of piperazine rings is 1. The van der Waals surface area contributed by atoms with Crippen LogP contribution in [0.1, 0.15) is 31.4 Å². The van der Waals surface area contributed by atoms with Crippen molar-refractivity contribution in [3.8, 4) is 11.8 Å². The van der Waals surface area contributed by atoms with Gasteiger partial charge in [-0.05, 0) is 38.2 Å². The van der Waals surface area contributed by atoms with Gasteiger partial charge in [-0.15, -0.1) is 11.8 Å². The zero-order valence-corrected chi connectivity index (χ0v) is 20.6. The quantitative estimate of drug-likeness (QED) is 0.318. The summed E-state index contributed by atoms with van der Waals surface area (Å²) in [4.78, 5) is 32.6. The molecule has 4 rings (SSSR count). The molecule has 0 bridgehead atoms. The molecule has 1 fully saturated rings. The Bertz CT molecular complexity index is 1380. The molecule has 6 nitrogen and oxygen atoms in total. The molecule has 1 aromatic carbocycles. The Morgan fingerprint density at radius 2 is 1.84 bits per heavy atom. The second-order valence-electron chi connectivity index (χ2n) is 8.89. The Morgan fingerprint density at radius 1 is 1.19 bits per heavy atom. The average molecular weight is 545 g/mol. The first-order valence-electron chi connectivity index (χ1n) is 11.3. The highest BCUT2D eigenvalue weighted by atomic mass is 32.2. The molecule has 1 aromatic heterocycles. The van der Waals surface area contributed by atoms with Crippen molar-refractivity contribution in [3.05, 3.63) is 40.3 Å². The molecule has 198 valence electrons. The van der Waals surface area contributed by atoms with E-state index in [2.05, 4.69) is 11.6 Å². The van der Waals surface area contributed by atoms with Crippen LogP contribution in [0.3, 0.4) is 0 Å². The van der Waals surface area contributed by atoms with Crippen LogP contribution in [0, 0.1) is 11.8 Å². The van der Waals surface area contributed by atoms with Gasteiger partial charge >= 0.3 is 18.0 Å². The molecule has 0 N–H and O–H groups in total. The van der Waals surface area contributed by atoms with E-state index in [0.29, 0.717) is 6.42 Å². The normalized spacial score (nSPS) is 20.3. The van der Waals surface area contributed by atoms with E-state index in [-0.39, 0.29) is 65.0 Å². The molecule has 2 unspecified atom stereocenters. The van der Waals surface area contributed by atoms with Gasteiger partial charge in [-0.25, -0.2) is 4.79 Å². The number of rotatable bonds is 2. The lowest BCUT2D eigenvalue weighted by atomic mass is 10.0. The number of anilines is 1. The number of thioether (sulfide) groups is 1. The minimum Gasteiger partial charge on any atom is -0.352 e. The topological polar surface area (TPSA) is 58.4 Å². The third-order valence-electron chi connectivity index (χ3n) is 6.25. The lowest BCUT2D eigenvalue weighted by molar-refractivity contribution is -0.138. The molecule has 2 atom stereocenters. The Labute approximate surface area is 212 Å². The van der Waals surface area contributed by atoms with Gasteiger partial charge in [0.1, 0.15) is 5.82 Å². The van der Waals surface area contributed by atoms with Gasteiger partial charge in [0.2, 0.25) is 5.91 Å². The smallest absolute Gasteiger partial charge is 0.352 e. The summed E-state index contributed by atoms with van der Waals surface area (Å²) in [6, 6.07) is -0.0193. The van der Waals surface area contributed by atoms with Crippen molar-refractivity contribution in [2.24, 2.45) is 0 Å². The second-order valence-corrected chi connectivity index (χ2v) is 10.00. The lowest BCUT2D eigenvalue weighted by Gasteiger charge is -2.44. The van der Waals surface area contributed by atoms with E-state index in [1.165, 1.54) is 10.6 Å². The molecular formula is C24H22F6N4O2S. The molecule has 2 aliphatic heterocycles. The van der Waals surface area contributed by atoms with Crippen molar-refractivity contribution in [2.75, 3.05) is 23.7 Å². The summed E-state index contributed by atoms with van der Waals surface area (Å²) in [7, 11) is 0.